The van der Waals surface area contributed by atoms with E-state index in [9.17, 15) is 13.2 Å². The van der Waals surface area contributed by atoms with Crippen LogP contribution in [0.2, 0.25) is 0 Å². The summed E-state index contributed by atoms with van der Waals surface area (Å²) >= 11 is 1.74. The number of hydrogen-bond donors (Lipinski definition) is 1. The molecule has 0 aliphatic carbocycles. The number of nitrogens with zero attached hydrogens (tertiary/aromatic N) is 4. The highest BCUT2D eigenvalue weighted by Crippen LogP contribution is 2.30. The number of fused-ring (bicyclic) bond motifs is 1. The van der Waals surface area contributed by atoms with Gasteiger partial charge in [0.15, 0.2) is 5.13 Å². The number of benzene rings is 2. The van der Waals surface area contributed by atoms with Crippen molar-refractivity contribution < 1.29 is 17.9 Å². The van der Waals surface area contributed by atoms with E-state index in [0.29, 0.717) is 25.3 Å². The first-order valence-corrected chi connectivity index (χ1v) is 15.4. The van der Waals surface area contributed by atoms with Crippen LogP contribution in [-0.2, 0) is 14.8 Å². The molecule has 9 nitrogen and oxygen atoms in total. The summed E-state index contributed by atoms with van der Waals surface area (Å²) in [5, 5.41) is 4.03. The summed E-state index contributed by atoms with van der Waals surface area (Å²) in [4.78, 5) is 22.3. The number of nitrogens with one attached hydrogen (secondary N) is 1. The van der Waals surface area contributed by atoms with Crippen molar-refractivity contribution in [2.75, 3.05) is 64.4 Å². The van der Waals surface area contributed by atoms with E-state index >= 15 is 0 Å². The van der Waals surface area contributed by atoms with Crippen LogP contribution in [-0.4, -0.2) is 94.1 Å². The van der Waals surface area contributed by atoms with Gasteiger partial charge in [0, 0.05) is 65.0 Å². The van der Waals surface area contributed by atoms with Crippen molar-refractivity contribution in [1.29, 1.82) is 0 Å². The second-order valence-corrected chi connectivity index (χ2v) is 13.1. The van der Waals surface area contributed by atoms with Crippen molar-refractivity contribution in [2.24, 2.45) is 0 Å². The molecule has 2 aromatic carbocycles. The third-order valence-corrected chi connectivity index (χ3v) is 10.1. The summed E-state index contributed by atoms with van der Waals surface area (Å²) in [6.45, 7) is 8.05. The van der Waals surface area contributed by atoms with Crippen LogP contribution >= 0.6 is 11.3 Å². The maximum atomic E-state index is 12.9. The Hall–Kier alpha value is -2.57. The number of aryl methyl sites for hydroxylation is 1. The highest BCUT2D eigenvalue weighted by atomic mass is 32.2. The van der Waals surface area contributed by atoms with Gasteiger partial charge in [0.2, 0.25) is 10.0 Å². The largest absolute Gasteiger partial charge is 0.377 e. The Kier molecular flexibility index (Phi) is 8.29. The number of ether oxygens (including phenoxy) is 1. The van der Waals surface area contributed by atoms with Crippen LogP contribution in [0, 0.1) is 6.92 Å². The summed E-state index contributed by atoms with van der Waals surface area (Å²) in [6.07, 6.45) is 1.78. The molecule has 38 heavy (non-hydrogen) atoms. The van der Waals surface area contributed by atoms with Gasteiger partial charge in [-0.15, -0.1) is 0 Å². The van der Waals surface area contributed by atoms with Crippen molar-refractivity contribution >= 4 is 42.6 Å². The first-order valence-electron chi connectivity index (χ1n) is 13.1. The number of likely N-dealkylation sites (N-methyl/N-ethyl adjacent to an activating group) is 1. The van der Waals surface area contributed by atoms with Crippen molar-refractivity contribution in [3.8, 4) is 0 Å². The SMILES string of the molecule is Cc1ccc2nc(N3CCN(CCNC(=O)c4ccc(S(=O)(=O)N(C)CC5CCCO5)cc4)CC3)sc2c1. The number of piperazine rings is 1. The highest BCUT2D eigenvalue weighted by molar-refractivity contribution is 7.89. The summed E-state index contributed by atoms with van der Waals surface area (Å²) < 4.78 is 33.9. The number of sulfonamides is 1. The van der Waals surface area contributed by atoms with Crippen LogP contribution < -0.4 is 10.2 Å². The van der Waals surface area contributed by atoms with Crippen LogP contribution in [0.3, 0.4) is 0 Å². The Balaban J connectivity index is 1.07. The Bertz CT molecular complexity index is 1360. The minimum Gasteiger partial charge on any atom is -0.377 e. The standard InChI is InChI=1S/C27H35N5O4S2/c1-20-5-10-24-25(18-20)37-27(29-24)32-15-13-31(14-16-32)12-11-28-26(33)21-6-8-23(9-7-21)38(34,35)30(2)19-22-4-3-17-36-22/h5-10,18,22H,3-4,11-17,19H2,1-2H3,(H,28,33). The van der Waals surface area contributed by atoms with Gasteiger partial charge in [-0.3, -0.25) is 9.69 Å². The molecule has 1 aromatic heterocycles. The molecular weight excluding hydrogens is 522 g/mol. The molecule has 2 saturated heterocycles. The lowest BCUT2D eigenvalue weighted by molar-refractivity contribution is 0.0947. The fourth-order valence-electron chi connectivity index (χ4n) is 4.88. The number of amides is 1. The molecule has 0 saturated carbocycles. The summed E-state index contributed by atoms with van der Waals surface area (Å²) in [6, 6.07) is 12.5. The molecule has 1 N–H and O–H groups in total. The van der Waals surface area contributed by atoms with E-state index in [1.54, 1.807) is 30.5 Å². The molecule has 2 fully saturated rings. The molecule has 3 aromatic rings. The Labute approximate surface area is 228 Å². The van der Waals surface area contributed by atoms with Gasteiger partial charge in [0.25, 0.3) is 5.91 Å². The van der Waals surface area contributed by atoms with Crippen molar-refractivity contribution in [1.82, 2.24) is 19.5 Å². The first-order chi connectivity index (χ1) is 18.3. The first kappa shape index (κ1) is 27.0. The van der Waals surface area contributed by atoms with Crippen molar-refractivity contribution in [2.45, 2.75) is 30.8 Å². The zero-order chi connectivity index (χ0) is 26.7. The van der Waals surface area contributed by atoms with Crippen LogP contribution in [0.5, 0.6) is 0 Å². The Morgan fingerprint density at radius 2 is 1.92 bits per heavy atom. The monoisotopic (exact) mass is 557 g/mol. The lowest BCUT2D eigenvalue weighted by atomic mass is 10.2. The zero-order valence-corrected chi connectivity index (χ0v) is 23.6. The van der Waals surface area contributed by atoms with Crippen LogP contribution in [0.4, 0.5) is 5.13 Å². The third-order valence-electron chi connectivity index (χ3n) is 7.20. The minimum atomic E-state index is -3.63. The second kappa shape index (κ2) is 11.7. The van der Waals surface area contributed by atoms with Gasteiger partial charge >= 0.3 is 0 Å². The van der Waals surface area contributed by atoms with Crippen LogP contribution in [0.1, 0.15) is 28.8 Å². The van der Waals surface area contributed by atoms with E-state index in [2.05, 4.69) is 40.2 Å². The molecular formula is C27H35N5O4S2. The molecule has 5 rings (SSSR count). The normalized spacial score (nSPS) is 18.9. The number of anilines is 1. The van der Waals surface area contributed by atoms with Crippen molar-refractivity contribution in [3.05, 3.63) is 53.6 Å². The van der Waals surface area contributed by atoms with Gasteiger partial charge < -0.3 is 15.0 Å². The van der Waals surface area contributed by atoms with Gasteiger partial charge in [0.05, 0.1) is 21.2 Å². The molecule has 1 unspecified atom stereocenters. The van der Waals surface area contributed by atoms with Crippen LogP contribution in [0.15, 0.2) is 47.4 Å². The number of carbonyl (C=O) groups excluding carboxylic acids is 1. The molecule has 3 heterocycles. The van der Waals surface area contributed by atoms with Gasteiger partial charge in [0.1, 0.15) is 0 Å². The van der Waals surface area contributed by atoms with Gasteiger partial charge in [-0.2, -0.15) is 4.31 Å². The van der Waals surface area contributed by atoms with E-state index in [-0.39, 0.29) is 16.9 Å². The predicted molar refractivity (Wildman–Crippen MR) is 151 cm³/mol. The number of aromatic nitrogens is 1. The minimum absolute atomic E-state index is 0.0559. The predicted octanol–water partition coefficient (Wildman–Crippen LogP) is 2.96. The summed E-state index contributed by atoms with van der Waals surface area (Å²) in [5.41, 5.74) is 2.75. The quantitative estimate of drug-likeness (QED) is 0.432. The lowest BCUT2D eigenvalue weighted by Crippen LogP contribution is -2.48. The molecule has 2 aliphatic rings. The molecule has 0 bridgehead atoms. The smallest absolute Gasteiger partial charge is 0.251 e. The lowest BCUT2D eigenvalue weighted by Gasteiger charge is -2.34. The maximum Gasteiger partial charge on any atom is 0.251 e. The Morgan fingerprint density at radius 3 is 2.63 bits per heavy atom. The average molecular weight is 558 g/mol. The van der Waals surface area contributed by atoms with E-state index in [0.717, 1.165) is 56.2 Å². The molecule has 0 radical (unpaired) electrons. The topological polar surface area (TPSA) is 95.1 Å². The van der Waals surface area contributed by atoms with Gasteiger partial charge in [-0.25, -0.2) is 13.4 Å². The molecule has 11 heteroatoms. The maximum absolute atomic E-state index is 12.9. The molecule has 0 spiro atoms. The molecule has 2 aliphatic heterocycles. The van der Waals surface area contributed by atoms with E-state index in [1.807, 2.05) is 0 Å². The summed E-state index contributed by atoms with van der Waals surface area (Å²) in [7, 11) is -2.06. The van der Waals surface area contributed by atoms with E-state index < -0.39 is 10.0 Å². The van der Waals surface area contributed by atoms with E-state index in [1.165, 1.54) is 26.7 Å². The van der Waals surface area contributed by atoms with Gasteiger partial charge in [-0.05, 0) is 61.7 Å². The van der Waals surface area contributed by atoms with E-state index in [4.69, 9.17) is 9.72 Å². The fourth-order valence-corrected chi connectivity index (χ4v) is 7.20. The van der Waals surface area contributed by atoms with Crippen molar-refractivity contribution in [3.63, 3.8) is 0 Å². The summed E-state index contributed by atoms with van der Waals surface area (Å²) in [5.74, 6) is -0.204. The average Bonchev–Trinajstić information content (AvgIpc) is 3.58. The Morgan fingerprint density at radius 1 is 1.16 bits per heavy atom. The zero-order valence-electron chi connectivity index (χ0n) is 21.9. The molecule has 204 valence electrons. The molecule has 1 atom stereocenters. The highest BCUT2D eigenvalue weighted by Gasteiger charge is 2.26. The number of hydrogen-bond acceptors (Lipinski definition) is 8. The molecule has 1 amide bonds. The van der Waals surface area contributed by atoms with Gasteiger partial charge in [-0.1, -0.05) is 17.4 Å². The number of rotatable bonds is 9. The fraction of sp³-hybridized carbons (Fsp3) is 0.481. The third kappa shape index (κ3) is 6.18. The van der Waals surface area contributed by atoms with Crippen LogP contribution in [0.25, 0.3) is 10.2 Å². The number of carbonyl (C=O) groups is 1. The number of thiazole rings is 1. The second-order valence-electron chi connectivity index (χ2n) is 10.00.